The molecule has 0 heterocycles. The van der Waals surface area contributed by atoms with Crippen molar-refractivity contribution in [1.82, 2.24) is 0 Å². The van der Waals surface area contributed by atoms with Gasteiger partial charge in [0.25, 0.3) is 0 Å². The van der Waals surface area contributed by atoms with Crippen LogP contribution in [0.2, 0.25) is 0 Å². The van der Waals surface area contributed by atoms with Crippen LogP contribution in [0, 0.1) is 11.6 Å². The maximum absolute atomic E-state index is 13.0. The van der Waals surface area contributed by atoms with E-state index in [1.807, 2.05) is 20.8 Å². The molecule has 0 fully saturated rings. The van der Waals surface area contributed by atoms with Gasteiger partial charge >= 0.3 is 0 Å². The average molecular weight is 198 g/mol. The van der Waals surface area contributed by atoms with Crippen molar-refractivity contribution in [3.8, 4) is 0 Å². The van der Waals surface area contributed by atoms with Crippen LogP contribution in [0.25, 0.3) is 0 Å². The number of hydrogen-bond donors (Lipinski definition) is 0. The Bertz CT molecular complexity index is 294. The SMILES string of the molecule is CCC(C)(CC)c1cc(F)cc(F)c1. The Morgan fingerprint density at radius 1 is 1.00 bits per heavy atom. The summed E-state index contributed by atoms with van der Waals surface area (Å²) in [5.41, 5.74) is 0.628. The summed E-state index contributed by atoms with van der Waals surface area (Å²) in [6.45, 7) is 6.10. The summed E-state index contributed by atoms with van der Waals surface area (Å²) < 4.78 is 26.0. The molecule has 0 saturated carbocycles. The van der Waals surface area contributed by atoms with E-state index in [-0.39, 0.29) is 5.41 Å². The van der Waals surface area contributed by atoms with Crippen LogP contribution in [0.1, 0.15) is 39.2 Å². The van der Waals surface area contributed by atoms with Gasteiger partial charge in [-0.05, 0) is 36.0 Å². The van der Waals surface area contributed by atoms with Gasteiger partial charge in [-0.25, -0.2) is 8.78 Å². The molecule has 0 aromatic heterocycles. The third-order valence-corrected chi connectivity index (χ3v) is 3.12. The second kappa shape index (κ2) is 4.07. The maximum atomic E-state index is 13.0. The van der Waals surface area contributed by atoms with Crippen molar-refractivity contribution in [3.05, 3.63) is 35.4 Å². The van der Waals surface area contributed by atoms with Gasteiger partial charge in [0.1, 0.15) is 11.6 Å². The van der Waals surface area contributed by atoms with Gasteiger partial charge in [-0.1, -0.05) is 20.8 Å². The quantitative estimate of drug-likeness (QED) is 0.687. The normalized spacial score (nSPS) is 11.8. The van der Waals surface area contributed by atoms with E-state index < -0.39 is 11.6 Å². The predicted molar refractivity (Wildman–Crippen MR) is 54.3 cm³/mol. The summed E-state index contributed by atoms with van der Waals surface area (Å²) >= 11 is 0. The Hall–Kier alpha value is -0.920. The van der Waals surface area contributed by atoms with Gasteiger partial charge in [0, 0.05) is 6.07 Å². The molecule has 0 bridgehead atoms. The van der Waals surface area contributed by atoms with Crippen molar-refractivity contribution < 1.29 is 8.78 Å². The van der Waals surface area contributed by atoms with E-state index in [4.69, 9.17) is 0 Å². The average Bonchev–Trinajstić information content (AvgIpc) is 2.15. The molecule has 0 aliphatic carbocycles. The zero-order valence-corrected chi connectivity index (χ0v) is 8.90. The van der Waals surface area contributed by atoms with E-state index in [1.54, 1.807) is 0 Å². The van der Waals surface area contributed by atoms with Gasteiger partial charge in [0.2, 0.25) is 0 Å². The third kappa shape index (κ3) is 2.11. The molecule has 0 spiro atoms. The van der Waals surface area contributed by atoms with Crippen molar-refractivity contribution in [3.63, 3.8) is 0 Å². The highest BCUT2D eigenvalue weighted by Gasteiger charge is 2.23. The summed E-state index contributed by atoms with van der Waals surface area (Å²) in [5, 5.41) is 0. The van der Waals surface area contributed by atoms with Crippen molar-refractivity contribution in [2.75, 3.05) is 0 Å². The fourth-order valence-corrected chi connectivity index (χ4v) is 1.56. The van der Waals surface area contributed by atoms with Crippen molar-refractivity contribution >= 4 is 0 Å². The lowest BCUT2D eigenvalue weighted by Crippen LogP contribution is -2.19. The first-order valence-corrected chi connectivity index (χ1v) is 4.98. The van der Waals surface area contributed by atoms with Crippen LogP contribution >= 0.6 is 0 Å². The summed E-state index contributed by atoms with van der Waals surface area (Å²) in [6.07, 6.45) is 1.76. The predicted octanol–water partition coefficient (Wildman–Crippen LogP) is 4.04. The lowest BCUT2D eigenvalue weighted by atomic mass is 9.78. The Balaban J connectivity index is 3.17. The lowest BCUT2D eigenvalue weighted by molar-refractivity contribution is 0.431. The highest BCUT2D eigenvalue weighted by molar-refractivity contribution is 5.25. The minimum atomic E-state index is -0.492. The molecule has 0 nitrogen and oxygen atoms in total. The van der Waals surface area contributed by atoms with Gasteiger partial charge < -0.3 is 0 Å². The number of benzene rings is 1. The van der Waals surface area contributed by atoms with Crippen molar-refractivity contribution in [2.45, 2.75) is 39.0 Å². The number of rotatable bonds is 3. The van der Waals surface area contributed by atoms with E-state index in [2.05, 4.69) is 0 Å². The first-order chi connectivity index (χ1) is 6.51. The second-order valence-corrected chi connectivity index (χ2v) is 3.93. The van der Waals surface area contributed by atoms with E-state index in [0.717, 1.165) is 24.5 Å². The van der Waals surface area contributed by atoms with Crippen molar-refractivity contribution in [2.24, 2.45) is 0 Å². The molecule has 1 aromatic carbocycles. The van der Waals surface area contributed by atoms with Gasteiger partial charge in [0.15, 0.2) is 0 Å². The fourth-order valence-electron chi connectivity index (χ4n) is 1.56. The summed E-state index contributed by atoms with van der Waals surface area (Å²) in [5.74, 6) is -0.985. The lowest BCUT2D eigenvalue weighted by Gasteiger charge is -2.27. The van der Waals surface area contributed by atoms with Crippen LogP contribution in [0.3, 0.4) is 0 Å². The summed E-state index contributed by atoms with van der Waals surface area (Å²) in [4.78, 5) is 0. The minimum absolute atomic E-state index is 0.122. The molecular formula is C12H16F2. The first kappa shape index (κ1) is 11.2. The molecule has 0 aliphatic heterocycles. The van der Waals surface area contributed by atoms with Crippen molar-refractivity contribution in [1.29, 1.82) is 0 Å². The summed E-state index contributed by atoms with van der Waals surface area (Å²) in [6, 6.07) is 3.77. The molecule has 0 N–H and O–H groups in total. The summed E-state index contributed by atoms with van der Waals surface area (Å²) in [7, 11) is 0. The molecule has 1 rings (SSSR count). The van der Waals surface area contributed by atoms with Crippen LogP contribution in [-0.2, 0) is 5.41 Å². The Labute approximate surface area is 84.0 Å². The minimum Gasteiger partial charge on any atom is -0.207 e. The molecule has 78 valence electrons. The third-order valence-electron chi connectivity index (χ3n) is 3.12. The van der Waals surface area contributed by atoms with Crippen LogP contribution in [0.15, 0.2) is 18.2 Å². The largest absolute Gasteiger partial charge is 0.207 e. The molecule has 2 heteroatoms. The van der Waals surface area contributed by atoms with Crippen LogP contribution < -0.4 is 0 Å². The standard InChI is InChI=1S/C12H16F2/c1-4-12(3,5-2)9-6-10(13)8-11(14)7-9/h6-8H,4-5H2,1-3H3. The molecule has 14 heavy (non-hydrogen) atoms. The van der Waals surface area contributed by atoms with E-state index >= 15 is 0 Å². The number of hydrogen-bond acceptors (Lipinski definition) is 0. The number of halogens is 2. The van der Waals surface area contributed by atoms with Crippen LogP contribution in [0.4, 0.5) is 8.78 Å². The zero-order chi connectivity index (χ0) is 10.8. The smallest absolute Gasteiger partial charge is 0.126 e. The van der Waals surface area contributed by atoms with Crippen LogP contribution in [0.5, 0.6) is 0 Å². The second-order valence-electron chi connectivity index (χ2n) is 3.93. The van der Waals surface area contributed by atoms with Crippen LogP contribution in [-0.4, -0.2) is 0 Å². The Morgan fingerprint density at radius 2 is 1.43 bits per heavy atom. The molecule has 0 amide bonds. The molecule has 1 aromatic rings. The van der Waals surface area contributed by atoms with E-state index in [0.29, 0.717) is 0 Å². The molecule has 0 atom stereocenters. The van der Waals surface area contributed by atoms with E-state index in [9.17, 15) is 8.78 Å². The molecule has 0 saturated heterocycles. The highest BCUT2D eigenvalue weighted by atomic mass is 19.1. The Morgan fingerprint density at radius 3 is 1.79 bits per heavy atom. The molecular weight excluding hydrogens is 182 g/mol. The van der Waals surface area contributed by atoms with Gasteiger partial charge in [-0.2, -0.15) is 0 Å². The molecule has 0 unspecified atom stereocenters. The van der Waals surface area contributed by atoms with Gasteiger partial charge in [-0.3, -0.25) is 0 Å². The molecule has 0 radical (unpaired) electrons. The van der Waals surface area contributed by atoms with Gasteiger partial charge in [-0.15, -0.1) is 0 Å². The topological polar surface area (TPSA) is 0 Å². The fraction of sp³-hybridized carbons (Fsp3) is 0.500. The van der Waals surface area contributed by atoms with Gasteiger partial charge in [0.05, 0.1) is 0 Å². The monoisotopic (exact) mass is 198 g/mol. The Kier molecular flexibility index (Phi) is 3.25. The maximum Gasteiger partial charge on any atom is 0.126 e. The molecule has 0 aliphatic rings. The highest BCUT2D eigenvalue weighted by Crippen LogP contribution is 2.31. The van der Waals surface area contributed by atoms with E-state index in [1.165, 1.54) is 12.1 Å². The first-order valence-electron chi connectivity index (χ1n) is 4.98. The zero-order valence-electron chi connectivity index (χ0n) is 8.90.